The van der Waals surface area contributed by atoms with Gasteiger partial charge >= 0.3 is 0 Å². The Morgan fingerprint density at radius 3 is 1.67 bits per heavy atom. The van der Waals surface area contributed by atoms with Gasteiger partial charge in [-0.15, -0.1) is 0 Å². The minimum absolute atomic E-state index is 0.145. The molecule has 12 rings (SSSR count). The van der Waals surface area contributed by atoms with Crippen LogP contribution in [0.25, 0.3) is 38.6 Å². The fourth-order valence-electron chi connectivity index (χ4n) is 12.7. The van der Waals surface area contributed by atoms with Gasteiger partial charge in [-0.3, -0.25) is 0 Å². The SMILES string of the molecule is CC1(C)c2cc(N(c3ccc(C4CC5CCC4C5)cc3)c3ccc(C4CC5CCC4C5)cc3)ccc2-c2cc3c(cc21)c1ccccc1n3-c1ccccc1. The molecule has 6 atom stereocenters. The number of para-hydroxylation sites is 2. The zero-order chi connectivity index (χ0) is 36.4. The molecular formula is C53H50N2. The minimum Gasteiger partial charge on any atom is -0.310 e. The van der Waals surface area contributed by atoms with E-state index in [1.54, 1.807) is 11.1 Å². The van der Waals surface area contributed by atoms with Crippen LogP contribution in [0.2, 0.25) is 0 Å². The molecule has 0 spiro atoms. The van der Waals surface area contributed by atoms with Gasteiger partial charge in [-0.2, -0.15) is 0 Å². The Kier molecular flexibility index (Phi) is 7.00. The molecule has 7 aromatic rings. The van der Waals surface area contributed by atoms with Gasteiger partial charge in [0.05, 0.1) is 11.0 Å². The summed E-state index contributed by atoms with van der Waals surface area (Å²) in [4.78, 5) is 2.53. The Bertz CT molecular complexity index is 2540. The van der Waals surface area contributed by atoms with Crippen molar-refractivity contribution in [2.75, 3.05) is 4.90 Å². The summed E-state index contributed by atoms with van der Waals surface area (Å²) in [6.07, 6.45) is 11.4. The van der Waals surface area contributed by atoms with Crippen molar-refractivity contribution in [3.63, 3.8) is 0 Å². The average molecular weight is 715 g/mol. The highest BCUT2D eigenvalue weighted by atomic mass is 15.1. The van der Waals surface area contributed by atoms with Crippen molar-refractivity contribution in [1.82, 2.24) is 4.57 Å². The van der Waals surface area contributed by atoms with E-state index in [0.717, 1.165) is 35.5 Å². The first-order valence-corrected chi connectivity index (χ1v) is 21.3. The molecule has 0 saturated heterocycles. The van der Waals surface area contributed by atoms with Crippen molar-refractivity contribution in [3.8, 4) is 16.8 Å². The van der Waals surface area contributed by atoms with Gasteiger partial charge in [0, 0.05) is 38.9 Å². The third kappa shape index (κ3) is 4.86. The van der Waals surface area contributed by atoms with Crippen LogP contribution in [0.3, 0.4) is 0 Å². The summed E-state index contributed by atoms with van der Waals surface area (Å²) in [6, 6.07) is 51.6. The molecule has 55 heavy (non-hydrogen) atoms. The van der Waals surface area contributed by atoms with Crippen LogP contribution in [0.4, 0.5) is 17.1 Å². The standard InChI is InChI=1S/C53H50N2/c1-53(2)49-30-42(24-25-43(49)47-32-52-48(31-50(47)53)44-10-6-7-11-51(44)55(52)39-8-4-3-5-9-39)54(40-20-16-35(17-21-40)45-28-33-12-14-37(45)26-33)41-22-18-36(19-23-41)46-29-34-13-15-38(46)27-34/h3-11,16-25,30-34,37-38,45-46H,12-15,26-29H2,1-2H3. The molecule has 4 saturated carbocycles. The van der Waals surface area contributed by atoms with Crippen LogP contribution in [-0.4, -0.2) is 4.57 Å². The second-order valence-electron chi connectivity index (χ2n) is 18.5. The summed E-state index contributed by atoms with van der Waals surface area (Å²) in [7, 11) is 0. The van der Waals surface area contributed by atoms with E-state index in [1.165, 1.54) is 118 Å². The van der Waals surface area contributed by atoms with E-state index >= 15 is 0 Å². The summed E-state index contributed by atoms with van der Waals surface area (Å²) < 4.78 is 2.45. The highest BCUT2D eigenvalue weighted by Crippen LogP contribution is 2.56. The maximum atomic E-state index is 2.53. The maximum absolute atomic E-state index is 2.53. The lowest BCUT2D eigenvalue weighted by Crippen LogP contribution is -2.17. The molecule has 0 amide bonds. The monoisotopic (exact) mass is 714 g/mol. The summed E-state index contributed by atoms with van der Waals surface area (Å²) in [5.74, 6) is 5.18. The van der Waals surface area contributed by atoms with E-state index in [-0.39, 0.29) is 5.41 Å². The zero-order valence-corrected chi connectivity index (χ0v) is 32.2. The second kappa shape index (κ2) is 12.0. The fraction of sp³-hybridized carbons (Fsp3) is 0.321. The summed E-state index contributed by atoms with van der Waals surface area (Å²) in [5, 5.41) is 2.64. The van der Waals surface area contributed by atoms with Crippen LogP contribution < -0.4 is 4.90 Å². The quantitative estimate of drug-likeness (QED) is 0.166. The van der Waals surface area contributed by atoms with Crippen LogP contribution in [0, 0.1) is 23.7 Å². The molecular weight excluding hydrogens is 665 g/mol. The van der Waals surface area contributed by atoms with Gasteiger partial charge in [0.2, 0.25) is 0 Å². The molecule has 0 radical (unpaired) electrons. The lowest BCUT2D eigenvalue weighted by atomic mass is 9.81. The highest BCUT2D eigenvalue weighted by molar-refractivity contribution is 6.11. The molecule has 1 heterocycles. The fourth-order valence-corrected chi connectivity index (χ4v) is 12.7. The Hall–Kier alpha value is -5.08. The number of fused-ring (bicyclic) bond motifs is 10. The molecule has 2 heteroatoms. The predicted molar refractivity (Wildman–Crippen MR) is 229 cm³/mol. The molecule has 4 fully saturated rings. The Morgan fingerprint density at radius 1 is 0.491 bits per heavy atom. The third-order valence-electron chi connectivity index (χ3n) is 15.4. The van der Waals surface area contributed by atoms with E-state index < -0.39 is 0 Å². The van der Waals surface area contributed by atoms with E-state index in [2.05, 4.69) is 157 Å². The first-order valence-electron chi connectivity index (χ1n) is 21.3. The van der Waals surface area contributed by atoms with Crippen molar-refractivity contribution < 1.29 is 0 Å². The Morgan fingerprint density at radius 2 is 1.07 bits per heavy atom. The van der Waals surface area contributed by atoms with Gasteiger partial charge in [-0.1, -0.05) is 93.4 Å². The van der Waals surface area contributed by atoms with E-state index in [9.17, 15) is 0 Å². The van der Waals surface area contributed by atoms with Gasteiger partial charge < -0.3 is 9.47 Å². The lowest BCUT2D eigenvalue weighted by Gasteiger charge is -2.29. The first-order chi connectivity index (χ1) is 27.0. The molecule has 1 aromatic heterocycles. The number of hydrogen-bond acceptors (Lipinski definition) is 1. The van der Waals surface area contributed by atoms with E-state index in [4.69, 9.17) is 0 Å². The molecule has 272 valence electrons. The van der Waals surface area contributed by atoms with Gasteiger partial charge in [-0.05, 0) is 174 Å². The summed E-state index contributed by atoms with van der Waals surface area (Å²) >= 11 is 0. The molecule has 6 unspecified atom stereocenters. The smallest absolute Gasteiger partial charge is 0.0547 e. The maximum Gasteiger partial charge on any atom is 0.0547 e. The molecule has 6 aromatic carbocycles. The Labute approximate surface area is 325 Å². The minimum atomic E-state index is -0.145. The lowest BCUT2D eigenvalue weighted by molar-refractivity contribution is 0.420. The highest BCUT2D eigenvalue weighted by Gasteiger charge is 2.42. The Balaban J connectivity index is 0.973. The number of anilines is 3. The van der Waals surface area contributed by atoms with Gasteiger partial charge in [0.15, 0.2) is 0 Å². The molecule has 0 aliphatic heterocycles. The van der Waals surface area contributed by atoms with Crippen LogP contribution in [0.15, 0.2) is 133 Å². The van der Waals surface area contributed by atoms with Crippen LogP contribution in [0.5, 0.6) is 0 Å². The summed E-state index contributed by atoms with van der Waals surface area (Å²) in [5.41, 5.74) is 16.0. The number of rotatable bonds is 6. The van der Waals surface area contributed by atoms with Crippen molar-refractivity contribution in [3.05, 3.63) is 156 Å². The largest absolute Gasteiger partial charge is 0.310 e. The second-order valence-corrected chi connectivity index (χ2v) is 18.5. The van der Waals surface area contributed by atoms with Crippen LogP contribution >= 0.6 is 0 Å². The zero-order valence-electron chi connectivity index (χ0n) is 32.2. The molecule has 0 N–H and O–H groups in total. The van der Waals surface area contributed by atoms with Gasteiger partial charge in [0.1, 0.15) is 0 Å². The predicted octanol–water partition coefficient (Wildman–Crippen LogP) is 14.4. The van der Waals surface area contributed by atoms with Crippen molar-refractivity contribution in [2.24, 2.45) is 23.7 Å². The van der Waals surface area contributed by atoms with Crippen LogP contribution in [-0.2, 0) is 5.41 Å². The van der Waals surface area contributed by atoms with Crippen LogP contribution in [0.1, 0.15) is 99.3 Å². The number of nitrogens with zero attached hydrogens (tertiary/aromatic N) is 2. The molecule has 5 aliphatic carbocycles. The number of aromatic nitrogens is 1. The van der Waals surface area contributed by atoms with Crippen molar-refractivity contribution in [2.45, 2.75) is 82.5 Å². The summed E-state index contributed by atoms with van der Waals surface area (Å²) in [6.45, 7) is 4.87. The van der Waals surface area contributed by atoms with Crippen molar-refractivity contribution >= 4 is 38.9 Å². The molecule has 2 nitrogen and oxygen atoms in total. The van der Waals surface area contributed by atoms with Gasteiger partial charge in [-0.25, -0.2) is 0 Å². The van der Waals surface area contributed by atoms with E-state index in [0.29, 0.717) is 0 Å². The third-order valence-corrected chi connectivity index (χ3v) is 15.4. The topological polar surface area (TPSA) is 8.17 Å². The molecule has 4 bridgehead atoms. The molecule has 5 aliphatic rings. The van der Waals surface area contributed by atoms with Gasteiger partial charge in [0.25, 0.3) is 0 Å². The number of benzene rings is 6. The first kappa shape index (κ1) is 32.2. The van der Waals surface area contributed by atoms with Crippen molar-refractivity contribution in [1.29, 1.82) is 0 Å². The average Bonchev–Trinajstić information content (AvgIpc) is 4.10. The van der Waals surface area contributed by atoms with E-state index in [1.807, 2.05) is 0 Å². The number of hydrogen-bond donors (Lipinski definition) is 0. The normalized spacial score (nSPS) is 25.6.